The second kappa shape index (κ2) is 5.87. The SMILES string of the molecule is CC1CCC2C3CCC4=C[C@@H](CC(C)(C)C)CCC4(C)C3CCC12C. The van der Waals surface area contributed by atoms with E-state index in [1.54, 1.807) is 0 Å². The highest BCUT2D eigenvalue weighted by molar-refractivity contribution is 5.25. The molecule has 0 nitrogen and oxygen atoms in total. The Balaban J connectivity index is 1.58. The second-order valence-corrected chi connectivity index (χ2v) is 12.1. The van der Waals surface area contributed by atoms with Gasteiger partial charge in [0.05, 0.1) is 0 Å². The maximum Gasteiger partial charge on any atom is -0.00851 e. The Kier molecular flexibility index (Phi) is 4.25. The van der Waals surface area contributed by atoms with Gasteiger partial charge in [-0.25, -0.2) is 0 Å². The van der Waals surface area contributed by atoms with Gasteiger partial charge in [0, 0.05) is 0 Å². The van der Waals surface area contributed by atoms with Crippen LogP contribution in [-0.2, 0) is 0 Å². The molecule has 3 saturated carbocycles. The molecule has 4 aliphatic carbocycles. The van der Waals surface area contributed by atoms with Gasteiger partial charge in [0.15, 0.2) is 0 Å². The first-order chi connectivity index (χ1) is 11.6. The largest absolute Gasteiger partial charge is 0.0816 e. The van der Waals surface area contributed by atoms with Gasteiger partial charge in [0.2, 0.25) is 0 Å². The summed E-state index contributed by atoms with van der Waals surface area (Å²) in [6, 6.07) is 0. The molecule has 0 spiro atoms. The van der Waals surface area contributed by atoms with E-state index in [4.69, 9.17) is 0 Å². The smallest absolute Gasteiger partial charge is 0.00851 e. The zero-order valence-corrected chi connectivity index (χ0v) is 17.8. The van der Waals surface area contributed by atoms with Crippen molar-refractivity contribution in [3.05, 3.63) is 11.6 Å². The standard InChI is InChI=1S/C25H42/c1-17-7-10-21-20-9-8-19-15-18(16-23(2,3)4)11-13-25(19,6)22(20)12-14-24(17,21)5/h15,17-18,20-22H,7-14,16H2,1-6H3/t17?,18-,20?,21?,22?,24?,25?/m0/s1. The lowest BCUT2D eigenvalue weighted by Crippen LogP contribution is -2.50. The van der Waals surface area contributed by atoms with Gasteiger partial charge in [-0.05, 0) is 104 Å². The van der Waals surface area contributed by atoms with Crippen molar-refractivity contribution in [1.82, 2.24) is 0 Å². The fraction of sp³-hybridized carbons (Fsp3) is 0.920. The predicted octanol–water partition coefficient (Wildman–Crippen LogP) is 7.64. The average Bonchev–Trinajstić information content (AvgIpc) is 2.82. The molecule has 3 fully saturated rings. The van der Waals surface area contributed by atoms with Crippen LogP contribution >= 0.6 is 0 Å². The van der Waals surface area contributed by atoms with E-state index in [1.165, 1.54) is 57.8 Å². The van der Waals surface area contributed by atoms with E-state index in [-0.39, 0.29) is 0 Å². The topological polar surface area (TPSA) is 0 Å². The third-order valence-electron chi connectivity index (χ3n) is 9.56. The highest BCUT2D eigenvalue weighted by Gasteiger charge is 2.57. The Labute approximate surface area is 157 Å². The molecule has 0 N–H and O–H groups in total. The van der Waals surface area contributed by atoms with Crippen molar-refractivity contribution in [2.45, 2.75) is 99.3 Å². The van der Waals surface area contributed by atoms with Crippen LogP contribution in [0.1, 0.15) is 99.3 Å². The van der Waals surface area contributed by atoms with E-state index in [9.17, 15) is 0 Å². The molecule has 4 rings (SSSR count). The summed E-state index contributed by atoms with van der Waals surface area (Å²) in [5, 5.41) is 0. The van der Waals surface area contributed by atoms with E-state index in [2.05, 4.69) is 47.6 Å². The third-order valence-corrected chi connectivity index (χ3v) is 9.56. The highest BCUT2D eigenvalue weighted by atomic mass is 14.6. The van der Waals surface area contributed by atoms with Crippen LogP contribution in [0, 0.1) is 45.8 Å². The summed E-state index contributed by atoms with van der Waals surface area (Å²) in [4.78, 5) is 0. The molecule has 4 aliphatic rings. The van der Waals surface area contributed by atoms with Gasteiger partial charge < -0.3 is 0 Å². The maximum atomic E-state index is 2.77. The molecule has 7 atom stereocenters. The summed E-state index contributed by atoms with van der Waals surface area (Å²) in [5.74, 6) is 4.87. The van der Waals surface area contributed by atoms with Crippen LogP contribution in [0.25, 0.3) is 0 Å². The molecular weight excluding hydrogens is 300 g/mol. The van der Waals surface area contributed by atoms with Gasteiger partial charge in [-0.1, -0.05) is 53.2 Å². The predicted molar refractivity (Wildman–Crippen MR) is 108 cm³/mol. The van der Waals surface area contributed by atoms with Crippen molar-refractivity contribution in [2.75, 3.05) is 0 Å². The van der Waals surface area contributed by atoms with Crippen molar-refractivity contribution in [1.29, 1.82) is 0 Å². The first kappa shape index (κ1) is 18.1. The van der Waals surface area contributed by atoms with E-state index in [1.807, 2.05) is 5.57 Å². The molecule has 25 heavy (non-hydrogen) atoms. The number of allylic oxidation sites excluding steroid dienone is 2. The van der Waals surface area contributed by atoms with Gasteiger partial charge in [0.25, 0.3) is 0 Å². The quantitative estimate of drug-likeness (QED) is 0.429. The molecule has 0 heterocycles. The minimum Gasteiger partial charge on any atom is -0.0816 e. The van der Waals surface area contributed by atoms with Gasteiger partial charge >= 0.3 is 0 Å². The minimum atomic E-state index is 0.472. The van der Waals surface area contributed by atoms with Crippen molar-refractivity contribution >= 4 is 0 Å². The highest BCUT2D eigenvalue weighted by Crippen LogP contribution is 2.66. The fourth-order valence-corrected chi connectivity index (χ4v) is 8.01. The van der Waals surface area contributed by atoms with Crippen molar-refractivity contribution in [2.24, 2.45) is 45.8 Å². The fourth-order valence-electron chi connectivity index (χ4n) is 8.01. The first-order valence-corrected chi connectivity index (χ1v) is 11.3. The van der Waals surface area contributed by atoms with Crippen LogP contribution in [0.4, 0.5) is 0 Å². The molecule has 0 aromatic rings. The van der Waals surface area contributed by atoms with Crippen LogP contribution < -0.4 is 0 Å². The third kappa shape index (κ3) is 2.85. The lowest BCUT2D eigenvalue weighted by molar-refractivity contribution is -0.0508. The van der Waals surface area contributed by atoms with E-state index < -0.39 is 0 Å². The van der Waals surface area contributed by atoms with Crippen molar-refractivity contribution < 1.29 is 0 Å². The molecule has 0 aliphatic heterocycles. The summed E-state index contributed by atoms with van der Waals surface area (Å²) in [6.45, 7) is 15.1. The van der Waals surface area contributed by atoms with Gasteiger partial charge in [-0.3, -0.25) is 0 Å². The van der Waals surface area contributed by atoms with E-state index >= 15 is 0 Å². The van der Waals surface area contributed by atoms with E-state index in [0.717, 1.165) is 29.6 Å². The van der Waals surface area contributed by atoms with Crippen molar-refractivity contribution in [3.63, 3.8) is 0 Å². The normalized spacial score (nSPS) is 49.8. The molecule has 0 aromatic heterocycles. The molecule has 0 amide bonds. The Hall–Kier alpha value is -0.260. The van der Waals surface area contributed by atoms with Crippen LogP contribution in [0.2, 0.25) is 0 Å². The molecule has 0 saturated heterocycles. The van der Waals surface area contributed by atoms with Gasteiger partial charge in [-0.15, -0.1) is 0 Å². The Bertz CT molecular complexity index is 549. The average molecular weight is 343 g/mol. The minimum absolute atomic E-state index is 0.472. The van der Waals surface area contributed by atoms with Crippen LogP contribution in [0.5, 0.6) is 0 Å². The summed E-state index contributed by atoms with van der Waals surface area (Å²) in [6.07, 6.45) is 16.0. The number of hydrogen-bond donors (Lipinski definition) is 0. The Morgan fingerprint density at radius 2 is 1.72 bits per heavy atom. The molecule has 0 bridgehead atoms. The van der Waals surface area contributed by atoms with Gasteiger partial charge in [-0.2, -0.15) is 0 Å². The molecular formula is C25H42. The first-order valence-electron chi connectivity index (χ1n) is 11.3. The second-order valence-electron chi connectivity index (χ2n) is 12.1. The zero-order chi connectivity index (χ0) is 18.0. The summed E-state index contributed by atoms with van der Waals surface area (Å²) >= 11 is 0. The Morgan fingerprint density at radius 3 is 2.44 bits per heavy atom. The molecule has 0 heteroatoms. The lowest BCUT2D eigenvalue weighted by atomic mass is 9.46. The number of rotatable bonds is 1. The monoisotopic (exact) mass is 342 g/mol. The summed E-state index contributed by atoms with van der Waals surface area (Å²) < 4.78 is 0. The van der Waals surface area contributed by atoms with Crippen LogP contribution in [0.15, 0.2) is 11.6 Å². The molecule has 6 unspecified atom stereocenters. The lowest BCUT2D eigenvalue weighted by Gasteiger charge is -2.58. The number of fused-ring (bicyclic) bond motifs is 5. The maximum absolute atomic E-state index is 2.77. The molecule has 142 valence electrons. The number of hydrogen-bond acceptors (Lipinski definition) is 0. The van der Waals surface area contributed by atoms with Crippen LogP contribution in [-0.4, -0.2) is 0 Å². The van der Waals surface area contributed by atoms with E-state index in [0.29, 0.717) is 16.2 Å². The van der Waals surface area contributed by atoms with Crippen LogP contribution in [0.3, 0.4) is 0 Å². The molecule has 0 aromatic carbocycles. The summed E-state index contributed by atoms with van der Waals surface area (Å²) in [5.41, 5.74) is 3.57. The van der Waals surface area contributed by atoms with Gasteiger partial charge in [0.1, 0.15) is 0 Å². The molecule has 0 radical (unpaired) electrons. The zero-order valence-electron chi connectivity index (χ0n) is 17.8. The summed E-state index contributed by atoms with van der Waals surface area (Å²) in [7, 11) is 0. The Morgan fingerprint density at radius 1 is 0.960 bits per heavy atom. The van der Waals surface area contributed by atoms with Crippen molar-refractivity contribution in [3.8, 4) is 0 Å².